The van der Waals surface area contributed by atoms with Crippen molar-refractivity contribution in [1.29, 1.82) is 0 Å². The predicted molar refractivity (Wildman–Crippen MR) is 169 cm³/mol. The second-order valence-corrected chi connectivity index (χ2v) is 12.3. The highest BCUT2D eigenvalue weighted by Crippen LogP contribution is 2.26. The van der Waals surface area contributed by atoms with E-state index in [-0.39, 0.29) is 31.6 Å². The quantitative estimate of drug-likeness (QED) is 0.463. The summed E-state index contributed by atoms with van der Waals surface area (Å²) in [5.74, 6) is -0.0191. The van der Waals surface area contributed by atoms with Crippen LogP contribution in [0.25, 0.3) is 0 Å². The van der Waals surface area contributed by atoms with Gasteiger partial charge in [0, 0.05) is 84.5 Å². The Morgan fingerprint density at radius 2 is 1.52 bits per heavy atom. The minimum Gasteiger partial charge on any atom is -0.508 e. The summed E-state index contributed by atoms with van der Waals surface area (Å²) in [5.41, 5.74) is 2.80. The van der Waals surface area contributed by atoms with E-state index in [0.29, 0.717) is 51.6 Å². The number of aromatic hydroxyl groups is 1. The van der Waals surface area contributed by atoms with Gasteiger partial charge in [0.05, 0.1) is 0 Å². The molecule has 3 saturated heterocycles. The number of fused-ring (bicyclic) bond motifs is 1. The van der Waals surface area contributed by atoms with E-state index in [1.165, 1.54) is 0 Å². The number of phenols is 1. The van der Waals surface area contributed by atoms with Crippen LogP contribution < -0.4 is 10.6 Å². The second-order valence-electron chi connectivity index (χ2n) is 12.3. The van der Waals surface area contributed by atoms with Crippen molar-refractivity contribution in [3.63, 3.8) is 0 Å². The van der Waals surface area contributed by atoms with Gasteiger partial charge in [0.1, 0.15) is 5.75 Å². The maximum atomic E-state index is 13.8. The third-order valence-electron chi connectivity index (χ3n) is 9.63. The highest BCUT2D eigenvalue weighted by atomic mass is 16.6. The molecule has 0 saturated carbocycles. The van der Waals surface area contributed by atoms with Crippen molar-refractivity contribution in [3.8, 4) is 5.75 Å². The largest absolute Gasteiger partial charge is 0.508 e. The molecule has 0 bridgehead atoms. The summed E-state index contributed by atoms with van der Waals surface area (Å²) in [6, 6.07) is 15.0. The first-order chi connectivity index (χ1) is 21.4. The van der Waals surface area contributed by atoms with Crippen LogP contribution in [0.5, 0.6) is 5.75 Å². The highest BCUT2D eigenvalue weighted by Gasteiger charge is 2.36. The molecule has 3 fully saturated rings. The van der Waals surface area contributed by atoms with Crippen molar-refractivity contribution in [2.24, 2.45) is 0 Å². The molecule has 4 amide bonds. The average molecular weight is 607 g/mol. The van der Waals surface area contributed by atoms with Crippen LogP contribution >= 0.6 is 0 Å². The molecule has 4 aliphatic heterocycles. The molecule has 0 spiro atoms. The molecule has 1 atom stereocenters. The van der Waals surface area contributed by atoms with E-state index in [4.69, 9.17) is 4.74 Å². The summed E-state index contributed by atoms with van der Waals surface area (Å²) in [7, 11) is 0. The van der Waals surface area contributed by atoms with E-state index >= 15 is 0 Å². The minimum absolute atomic E-state index is 0. The zero-order valence-corrected chi connectivity index (χ0v) is 25.3. The minimum atomic E-state index is -0.949. The molecule has 2 aromatic carbocycles. The molecule has 2 aromatic rings. The summed E-state index contributed by atoms with van der Waals surface area (Å²) in [4.78, 5) is 48.2. The highest BCUT2D eigenvalue weighted by molar-refractivity contribution is 5.91. The molecule has 11 heteroatoms. The van der Waals surface area contributed by atoms with Crippen LogP contribution in [0.15, 0.2) is 48.5 Å². The van der Waals surface area contributed by atoms with Gasteiger partial charge >= 0.3 is 12.1 Å². The monoisotopic (exact) mass is 606 g/mol. The number of likely N-dealkylation sites (tertiary alicyclic amines) is 2. The first-order valence-corrected chi connectivity index (χ1v) is 16.1. The topological polar surface area (TPSA) is 118 Å². The third kappa shape index (κ3) is 7.10. The van der Waals surface area contributed by atoms with Crippen molar-refractivity contribution in [2.75, 3.05) is 64.2 Å². The molecular formula is C33H46N6O5. The number of para-hydroxylation sites is 1. The van der Waals surface area contributed by atoms with Crippen LogP contribution in [-0.2, 0) is 22.4 Å². The number of urea groups is 1. The van der Waals surface area contributed by atoms with Gasteiger partial charge in [-0.25, -0.2) is 9.59 Å². The lowest BCUT2D eigenvalue weighted by Crippen LogP contribution is -2.54. The lowest BCUT2D eigenvalue weighted by Gasteiger charge is -2.41. The molecule has 4 aliphatic rings. The Labute approximate surface area is 260 Å². The van der Waals surface area contributed by atoms with Gasteiger partial charge in [-0.2, -0.15) is 0 Å². The first kappa shape index (κ1) is 30.2. The Bertz CT molecular complexity index is 1310. The molecule has 6 rings (SSSR count). The van der Waals surface area contributed by atoms with Crippen LogP contribution in [0.4, 0.5) is 15.3 Å². The molecule has 238 valence electrons. The molecule has 11 nitrogen and oxygen atoms in total. The van der Waals surface area contributed by atoms with Crippen molar-refractivity contribution in [3.05, 3.63) is 59.7 Å². The molecular weight excluding hydrogens is 560 g/mol. The molecule has 0 aliphatic carbocycles. The van der Waals surface area contributed by atoms with Gasteiger partial charge in [-0.05, 0) is 61.4 Å². The second kappa shape index (κ2) is 13.9. The smallest absolute Gasteiger partial charge is 0.410 e. The van der Waals surface area contributed by atoms with Crippen molar-refractivity contribution >= 4 is 23.7 Å². The Morgan fingerprint density at radius 1 is 0.864 bits per heavy atom. The lowest BCUT2D eigenvalue weighted by molar-refractivity contribution is -0.142. The fraction of sp³-hybridized carbons (Fsp3) is 0.545. The molecule has 0 radical (unpaired) electrons. The fourth-order valence-corrected chi connectivity index (χ4v) is 7.02. The van der Waals surface area contributed by atoms with Gasteiger partial charge in [-0.1, -0.05) is 30.3 Å². The molecule has 3 N–H and O–H groups in total. The Kier molecular flexibility index (Phi) is 9.51. The van der Waals surface area contributed by atoms with Gasteiger partial charge in [-0.15, -0.1) is 0 Å². The van der Waals surface area contributed by atoms with Crippen LogP contribution in [0.3, 0.4) is 0 Å². The average Bonchev–Trinajstić information content (AvgIpc) is 3.23. The van der Waals surface area contributed by atoms with E-state index < -0.39 is 12.2 Å². The number of benzene rings is 2. The number of amides is 4. The number of piperazine rings is 1. The number of hydrogen-bond donors (Lipinski definition) is 3. The first-order valence-electron chi connectivity index (χ1n) is 16.1. The predicted octanol–water partition coefficient (Wildman–Crippen LogP) is 3.14. The standard InChI is InChI=1S/C33H44N6O5.H2/c40-28-7-5-24(6-8-28)23-30(31(41)37-16-10-26(11-17-37)36-21-14-34-15-22-36)44-33(43)38-18-12-27(13-19-38)39-20-9-25-3-1-2-4-29(25)35-32(39)42;/h1-8,26-27,30,34,40H,9-23H2,(H,35,42);1H/t30-;/m1./s1. The maximum absolute atomic E-state index is 13.8. The summed E-state index contributed by atoms with van der Waals surface area (Å²) in [6.45, 7) is 6.90. The van der Waals surface area contributed by atoms with Crippen LogP contribution in [0, 0.1) is 0 Å². The van der Waals surface area contributed by atoms with Crippen LogP contribution in [0.2, 0.25) is 0 Å². The van der Waals surface area contributed by atoms with E-state index in [1.54, 1.807) is 29.2 Å². The number of carbonyl (C=O) groups excluding carboxylic acids is 3. The van der Waals surface area contributed by atoms with E-state index in [0.717, 1.165) is 62.3 Å². The number of rotatable bonds is 6. The maximum Gasteiger partial charge on any atom is 0.410 e. The number of anilines is 1. The van der Waals surface area contributed by atoms with E-state index in [9.17, 15) is 19.5 Å². The lowest BCUT2D eigenvalue weighted by atomic mass is 10.0. The van der Waals surface area contributed by atoms with E-state index in [2.05, 4.69) is 15.5 Å². The number of piperidine rings is 2. The third-order valence-corrected chi connectivity index (χ3v) is 9.63. The zero-order chi connectivity index (χ0) is 30.5. The molecule has 0 aromatic heterocycles. The number of ether oxygens (including phenoxy) is 1. The van der Waals surface area contributed by atoms with Gasteiger partial charge in [0.25, 0.3) is 5.91 Å². The van der Waals surface area contributed by atoms with E-state index in [1.807, 2.05) is 34.1 Å². The van der Waals surface area contributed by atoms with Gasteiger partial charge in [0.15, 0.2) is 6.10 Å². The van der Waals surface area contributed by atoms with Gasteiger partial charge < -0.3 is 35.2 Å². The normalized spacial score (nSPS) is 21.3. The fourth-order valence-electron chi connectivity index (χ4n) is 7.02. The van der Waals surface area contributed by atoms with Gasteiger partial charge in [-0.3, -0.25) is 9.69 Å². The number of nitrogens with one attached hydrogen (secondary N) is 2. The Balaban J connectivity index is 0.00000400. The summed E-state index contributed by atoms with van der Waals surface area (Å²) in [5, 5.41) is 16.2. The molecule has 0 unspecified atom stereocenters. The SMILES string of the molecule is O=C(O[C@H](Cc1ccc(O)cc1)C(=O)N1CCC(N2CCNCC2)CC1)N1CCC(N2CCc3ccccc3NC2=O)CC1.[HH]. The van der Waals surface area contributed by atoms with Crippen molar-refractivity contribution in [1.82, 2.24) is 24.9 Å². The molecule has 4 heterocycles. The summed E-state index contributed by atoms with van der Waals surface area (Å²) < 4.78 is 5.97. The zero-order valence-electron chi connectivity index (χ0n) is 25.3. The summed E-state index contributed by atoms with van der Waals surface area (Å²) in [6.07, 6.45) is 2.70. The van der Waals surface area contributed by atoms with Crippen molar-refractivity contribution < 1.29 is 25.7 Å². The summed E-state index contributed by atoms with van der Waals surface area (Å²) >= 11 is 0. The Morgan fingerprint density at radius 3 is 2.25 bits per heavy atom. The number of phenolic OH excluding ortho intramolecular Hbond substituents is 1. The van der Waals surface area contributed by atoms with Gasteiger partial charge in [0.2, 0.25) is 0 Å². The number of nitrogens with zero attached hydrogens (tertiary/aromatic N) is 4. The number of hydrogen-bond acceptors (Lipinski definition) is 7. The Hall–Kier alpha value is -3.83. The van der Waals surface area contributed by atoms with Crippen LogP contribution in [0.1, 0.15) is 38.2 Å². The van der Waals surface area contributed by atoms with Crippen molar-refractivity contribution in [2.45, 2.75) is 56.7 Å². The number of carbonyl (C=O) groups is 3. The van der Waals surface area contributed by atoms with Crippen LogP contribution in [-0.4, -0.2) is 120 Å². The molecule has 44 heavy (non-hydrogen) atoms.